The van der Waals surface area contributed by atoms with Gasteiger partial charge in [0.25, 0.3) is 0 Å². The van der Waals surface area contributed by atoms with Gasteiger partial charge < -0.3 is 24.5 Å². The number of nitrogen functional groups attached to an aromatic ring is 1. The molecule has 0 saturated heterocycles. The van der Waals surface area contributed by atoms with Crippen LogP contribution in [0.3, 0.4) is 0 Å². The first-order chi connectivity index (χ1) is 21.4. The molecular formula is C32H52N5O4PS2. The molecule has 2 atom stereocenters. The fraction of sp³-hybridized carbons (Fsp3) is 0.656. The SMILES string of the molecule is CCCCCCCCCCCCCCCCSSc1ccccc1COP(=O)(O)COC(C)Cn1cnc2c(N)ncnc21. The van der Waals surface area contributed by atoms with Crippen LogP contribution in [0.1, 0.15) is 109 Å². The number of aromatic nitrogens is 4. The first kappa shape index (κ1) is 36.8. The Morgan fingerprint density at radius 1 is 0.932 bits per heavy atom. The maximum Gasteiger partial charge on any atom is 0.353 e. The van der Waals surface area contributed by atoms with E-state index in [1.165, 1.54) is 96.2 Å². The van der Waals surface area contributed by atoms with Crippen molar-refractivity contribution in [2.45, 2.75) is 128 Å². The third-order valence-electron chi connectivity index (χ3n) is 7.53. The van der Waals surface area contributed by atoms with E-state index in [0.29, 0.717) is 23.5 Å². The van der Waals surface area contributed by atoms with E-state index in [1.807, 2.05) is 42.0 Å². The predicted octanol–water partition coefficient (Wildman–Crippen LogP) is 9.39. The summed E-state index contributed by atoms with van der Waals surface area (Å²) in [5.41, 5.74) is 7.85. The van der Waals surface area contributed by atoms with E-state index in [4.69, 9.17) is 15.0 Å². The smallest absolute Gasteiger partial charge is 0.353 e. The summed E-state index contributed by atoms with van der Waals surface area (Å²) in [5.74, 6) is 1.40. The molecule has 0 aliphatic rings. The van der Waals surface area contributed by atoms with Crippen molar-refractivity contribution in [1.29, 1.82) is 0 Å². The molecule has 9 nitrogen and oxygen atoms in total. The number of rotatable bonds is 25. The number of nitrogens with two attached hydrogens (primary N) is 1. The maximum atomic E-state index is 12.7. The van der Waals surface area contributed by atoms with E-state index in [0.717, 1.165) is 16.2 Å². The van der Waals surface area contributed by atoms with Crippen molar-refractivity contribution < 1.29 is 18.7 Å². The van der Waals surface area contributed by atoms with Crippen LogP contribution in [0, 0.1) is 0 Å². The van der Waals surface area contributed by atoms with Crippen LogP contribution in [-0.4, -0.2) is 42.6 Å². The second-order valence-electron chi connectivity index (χ2n) is 11.5. The predicted molar refractivity (Wildman–Crippen MR) is 185 cm³/mol. The van der Waals surface area contributed by atoms with Crippen LogP contribution in [0.15, 0.2) is 41.8 Å². The van der Waals surface area contributed by atoms with Crippen molar-refractivity contribution in [3.63, 3.8) is 0 Å². The van der Waals surface area contributed by atoms with Gasteiger partial charge in [0, 0.05) is 10.6 Å². The van der Waals surface area contributed by atoms with Crippen molar-refractivity contribution in [3.8, 4) is 0 Å². The summed E-state index contributed by atoms with van der Waals surface area (Å²) in [6, 6.07) is 7.89. The average molecular weight is 666 g/mol. The average Bonchev–Trinajstić information content (AvgIpc) is 3.43. The third kappa shape index (κ3) is 14.2. The fourth-order valence-corrected chi connectivity index (χ4v) is 8.19. The molecule has 2 aromatic heterocycles. The van der Waals surface area contributed by atoms with Crippen LogP contribution in [-0.2, 0) is 27.0 Å². The highest BCUT2D eigenvalue weighted by Gasteiger charge is 2.23. The lowest BCUT2D eigenvalue weighted by atomic mass is 10.0. The van der Waals surface area contributed by atoms with Crippen LogP contribution < -0.4 is 5.73 Å². The minimum atomic E-state index is -3.95. The lowest BCUT2D eigenvalue weighted by Gasteiger charge is -2.18. The van der Waals surface area contributed by atoms with E-state index in [2.05, 4.69) is 21.9 Å². The largest absolute Gasteiger partial charge is 0.382 e. The molecule has 0 aliphatic carbocycles. The van der Waals surface area contributed by atoms with Crippen molar-refractivity contribution in [2.24, 2.45) is 0 Å². The third-order valence-corrected chi connectivity index (χ3v) is 11.1. The standard InChI is InChI=1S/C32H52N5O4PS2/c1-3-4-5-6-7-8-9-10-11-12-13-14-15-18-21-43-44-29-20-17-16-19-28(29)23-41-42(38,39)26-40-27(2)22-37-25-36-30-31(33)34-24-35-32(30)37/h16-17,19-20,24-25,27H,3-15,18,21-23,26H2,1-2H3,(H,38,39)(H2,33,34,35). The maximum absolute atomic E-state index is 12.7. The Labute approximate surface area is 271 Å². The van der Waals surface area contributed by atoms with Gasteiger partial charge >= 0.3 is 7.60 Å². The Kier molecular flexibility index (Phi) is 17.8. The van der Waals surface area contributed by atoms with E-state index >= 15 is 0 Å². The summed E-state index contributed by atoms with van der Waals surface area (Å²) in [6.07, 6.45) is 21.3. The van der Waals surface area contributed by atoms with E-state index in [1.54, 1.807) is 21.7 Å². The number of fused-ring (bicyclic) bond motifs is 1. The Bertz CT molecular complexity index is 1260. The highest BCUT2D eigenvalue weighted by molar-refractivity contribution is 8.76. The molecule has 0 amide bonds. The highest BCUT2D eigenvalue weighted by Crippen LogP contribution is 2.44. The normalized spacial score (nSPS) is 13.8. The molecule has 0 radical (unpaired) electrons. The highest BCUT2D eigenvalue weighted by atomic mass is 33.1. The molecule has 0 saturated carbocycles. The Morgan fingerprint density at radius 2 is 1.57 bits per heavy atom. The van der Waals surface area contributed by atoms with Crippen LogP contribution in [0.2, 0.25) is 0 Å². The van der Waals surface area contributed by atoms with Crippen LogP contribution in [0.5, 0.6) is 0 Å². The molecule has 3 N–H and O–H groups in total. The first-order valence-electron chi connectivity index (χ1n) is 16.3. The molecule has 0 fully saturated rings. The van der Waals surface area contributed by atoms with Crippen molar-refractivity contribution in [2.75, 3.05) is 17.8 Å². The van der Waals surface area contributed by atoms with Gasteiger partial charge in [0.05, 0.1) is 25.6 Å². The van der Waals surface area contributed by atoms with Gasteiger partial charge in [-0.2, -0.15) is 0 Å². The number of anilines is 1. The van der Waals surface area contributed by atoms with Crippen molar-refractivity contribution >= 4 is 46.2 Å². The topological polar surface area (TPSA) is 125 Å². The molecule has 0 spiro atoms. The molecule has 1 aromatic carbocycles. The summed E-state index contributed by atoms with van der Waals surface area (Å²) < 4.78 is 25.6. The second kappa shape index (κ2) is 21.2. The lowest BCUT2D eigenvalue weighted by molar-refractivity contribution is 0.0708. The number of hydrogen-bond acceptors (Lipinski definition) is 9. The van der Waals surface area contributed by atoms with E-state index in [-0.39, 0.29) is 12.7 Å². The molecule has 0 aliphatic heterocycles. The molecule has 0 bridgehead atoms. The zero-order valence-electron chi connectivity index (χ0n) is 26.6. The molecule has 2 unspecified atom stereocenters. The van der Waals surface area contributed by atoms with Gasteiger partial charge in [0.1, 0.15) is 18.2 Å². The number of unbranched alkanes of at least 4 members (excludes halogenated alkanes) is 13. The second-order valence-corrected chi connectivity index (χ2v) is 15.7. The molecular weight excluding hydrogens is 613 g/mol. The summed E-state index contributed by atoms with van der Waals surface area (Å²) in [5, 5.41) is 0. The molecule has 12 heteroatoms. The van der Waals surface area contributed by atoms with E-state index in [9.17, 15) is 9.46 Å². The van der Waals surface area contributed by atoms with Gasteiger partial charge in [-0.25, -0.2) is 15.0 Å². The Morgan fingerprint density at radius 3 is 2.25 bits per heavy atom. The summed E-state index contributed by atoms with van der Waals surface area (Å²) in [6.45, 7) is 4.54. The van der Waals surface area contributed by atoms with Crippen molar-refractivity contribution in [3.05, 3.63) is 42.5 Å². The minimum absolute atomic E-state index is 0.0520. The lowest BCUT2D eigenvalue weighted by Crippen LogP contribution is -2.17. The van der Waals surface area contributed by atoms with Gasteiger partial charge in [0.2, 0.25) is 0 Å². The van der Waals surface area contributed by atoms with Gasteiger partial charge in [0.15, 0.2) is 11.5 Å². The zero-order chi connectivity index (χ0) is 31.5. The van der Waals surface area contributed by atoms with Gasteiger partial charge in [-0.3, -0.25) is 4.57 Å². The number of nitrogens with zero attached hydrogens (tertiary/aromatic N) is 4. The monoisotopic (exact) mass is 665 g/mol. The number of imidazole rings is 1. The van der Waals surface area contributed by atoms with Crippen LogP contribution in [0.4, 0.5) is 5.82 Å². The number of benzene rings is 1. The first-order valence-corrected chi connectivity index (χ1v) is 20.3. The summed E-state index contributed by atoms with van der Waals surface area (Å²) in [4.78, 5) is 23.9. The summed E-state index contributed by atoms with van der Waals surface area (Å²) in [7, 11) is -0.403. The number of hydrogen-bond donors (Lipinski definition) is 2. The van der Waals surface area contributed by atoms with Crippen LogP contribution >= 0.6 is 29.2 Å². The molecule has 246 valence electrons. The van der Waals surface area contributed by atoms with Gasteiger partial charge in [-0.05, 0) is 25.0 Å². The quantitative estimate of drug-likeness (QED) is 0.0513. The molecule has 3 rings (SSSR count). The van der Waals surface area contributed by atoms with Gasteiger partial charge in [-0.15, -0.1) is 0 Å². The molecule has 44 heavy (non-hydrogen) atoms. The Hall–Kier alpha value is -1.62. The van der Waals surface area contributed by atoms with Crippen molar-refractivity contribution in [1.82, 2.24) is 19.5 Å². The van der Waals surface area contributed by atoms with Crippen LogP contribution in [0.25, 0.3) is 11.2 Å². The zero-order valence-corrected chi connectivity index (χ0v) is 29.1. The summed E-state index contributed by atoms with van der Waals surface area (Å²) >= 11 is 0. The Balaban J connectivity index is 1.25. The molecule has 3 aromatic rings. The number of ether oxygens (including phenoxy) is 1. The van der Waals surface area contributed by atoms with E-state index < -0.39 is 13.9 Å². The molecule has 2 heterocycles. The van der Waals surface area contributed by atoms with Gasteiger partial charge in [-0.1, -0.05) is 130 Å². The minimum Gasteiger partial charge on any atom is -0.382 e. The fourth-order valence-electron chi connectivity index (χ4n) is 4.96.